The molecule has 2 rings (SSSR count). The molecule has 1 fully saturated rings. The first-order valence-corrected chi connectivity index (χ1v) is 6.63. The predicted octanol–water partition coefficient (Wildman–Crippen LogP) is 0.837. The molecule has 1 saturated heterocycles. The highest BCUT2D eigenvalue weighted by molar-refractivity contribution is 5.96. The molecule has 4 N–H and O–H groups in total. The van der Waals surface area contributed by atoms with Gasteiger partial charge >= 0.3 is 0 Å². The largest absolute Gasteiger partial charge is 0.397 e. The molecule has 0 bridgehead atoms. The van der Waals surface area contributed by atoms with Gasteiger partial charge in [-0.2, -0.15) is 0 Å². The van der Waals surface area contributed by atoms with Gasteiger partial charge < -0.3 is 21.1 Å². The van der Waals surface area contributed by atoms with E-state index in [2.05, 4.69) is 10.2 Å². The summed E-state index contributed by atoms with van der Waals surface area (Å²) >= 11 is 0. The average Bonchev–Trinajstić information content (AvgIpc) is 2.47. The van der Waals surface area contributed by atoms with E-state index < -0.39 is 0 Å². The number of nitrogens with one attached hydrogen (secondary N) is 1. The third kappa shape index (κ3) is 2.98. The lowest BCUT2D eigenvalue weighted by molar-refractivity contribution is 0.0963. The van der Waals surface area contributed by atoms with Crippen LogP contribution in [-0.2, 0) is 0 Å². The highest BCUT2D eigenvalue weighted by Crippen LogP contribution is 2.29. The molecule has 5 heteroatoms. The van der Waals surface area contributed by atoms with E-state index in [1.54, 1.807) is 19.2 Å². The second kappa shape index (κ2) is 5.93. The number of hydrogen-bond acceptors (Lipinski definition) is 4. The van der Waals surface area contributed by atoms with Crippen LogP contribution < -0.4 is 16.0 Å². The summed E-state index contributed by atoms with van der Waals surface area (Å²) in [6, 6.07) is 5.35. The molecule has 0 atom stereocenters. The number of anilines is 2. The van der Waals surface area contributed by atoms with Crippen molar-refractivity contribution in [3.05, 3.63) is 23.8 Å². The Morgan fingerprint density at radius 3 is 2.74 bits per heavy atom. The minimum atomic E-state index is -0.105. The number of rotatable bonds is 3. The molecule has 5 nitrogen and oxygen atoms in total. The summed E-state index contributed by atoms with van der Waals surface area (Å²) in [6.07, 6.45) is 1.92. The maximum Gasteiger partial charge on any atom is 0.251 e. The molecule has 0 radical (unpaired) electrons. The molecule has 19 heavy (non-hydrogen) atoms. The number of nitrogen functional groups attached to an aromatic ring is 1. The van der Waals surface area contributed by atoms with E-state index in [4.69, 9.17) is 10.8 Å². The number of amides is 1. The van der Waals surface area contributed by atoms with E-state index in [-0.39, 0.29) is 12.5 Å². The molecule has 104 valence electrons. The van der Waals surface area contributed by atoms with Crippen LogP contribution in [0.2, 0.25) is 0 Å². The number of piperidine rings is 1. The van der Waals surface area contributed by atoms with Gasteiger partial charge in [0.2, 0.25) is 0 Å². The summed E-state index contributed by atoms with van der Waals surface area (Å²) in [5.74, 6) is 0.283. The van der Waals surface area contributed by atoms with Gasteiger partial charge in [0, 0.05) is 32.3 Å². The minimum absolute atomic E-state index is 0.105. The molecule has 1 aromatic carbocycles. The smallest absolute Gasteiger partial charge is 0.251 e. The molecule has 0 spiro atoms. The number of aliphatic hydroxyl groups excluding tert-OH is 1. The van der Waals surface area contributed by atoms with Crippen molar-refractivity contribution < 1.29 is 9.90 Å². The molecule has 1 aromatic rings. The van der Waals surface area contributed by atoms with Crippen molar-refractivity contribution in [2.75, 3.05) is 37.4 Å². The Bertz CT molecular complexity index is 454. The number of hydrogen-bond donors (Lipinski definition) is 3. The topological polar surface area (TPSA) is 78.6 Å². The third-order valence-electron chi connectivity index (χ3n) is 3.73. The van der Waals surface area contributed by atoms with Crippen molar-refractivity contribution in [1.82, 2.24) is 5.32 Å². The first kappa shape index (κ1) is 13.7. The lowest BCUT2D eigenvalue weighted by Crippen LogP contribution is -2.35. The summed E-state index contributed by atoms with van der Waals surface area (Å²) in [5, 5.41) is 11.8. The minimum Gasteiger partial charge on any atom is -0.397 e. The van der Waals surface area contributed by atoms with Crippen LogP contribution in [0, 0.1) is 5.92 Å². The highest BCUT2D eigenvalue weighted by atomic mass is 16.3. The Hall–Kier alpha value is -1.75. The van der Waals surface area contributed by atoms with Crippen LogP contribution in [0.25, 0.3) is 0 Å². The first-order chi connectivity index (χ1) is 9.15. The summed E-state index contributed by atoms with van der Waals surface area (Å²) in [4.78, 5) is 13.8. The second-order valence-corrected chi connectivity index (χ2v) is 4.97. The molecule has 1 heterocycles. The van der Waals surface area contributed by atoms with Gasteiger partial charge in [-0.1, -0.05) is 0 Å². The second-order valence-electron chi connectivity index (χ2n) is 4.97. The normalized spacial score (nSPS) is 16.4. The van der Waals surface area contributed by atoms with Crippen LogP contribution in [0.15, 0.2) is 18.2 Å². The lowest BCUT2D eigenvalue weighted by Gasteiger charge is -2.33. The Balaban J connectivity index is 2.17. The van der Waals surface area contributed by atoms with E-state index in [1.165, 1.54) is 0 Å². The van der Waals surface area contributed by atoms with Crippen LogP contribution >= 0.6 is 0 Å². The number of nitrogens with zero attached hydrogens (tertiary/aromatic N) is 1. The fraction of sp³-hybridized carbons (Fsp3) is 0.500. The van der Waals surface area contributed by atoms with Crippen LogP contribution in [0.4, 0.5) is 11.4 Å². The first-order valence-electron chi connectivity index (χ1n) is 6.63. The van der Waals surface area contributed by atoms with Crippen molar-refractivity contribution in [3.8, 4) is 0 Å². The lowest BCUT2D eigenvalue weighted by atomic mass is 9.97. The van der Waals surface area contributed by atoms with Gasteiger partial charge in [-0.25, -0.2) is 0 Å². The van der Waals surface area contributed by atoms with Crippen LogP contribution in [0.3, 0.4) is 0 Å². The van der Waals surface area contributed by atoms with Crippen LogP contribution in [0.5, 0.6) is 0 Å². The standard InChI is InChI=1S/C14H21N3O2/c1-16-14(19)11-2-3-12(15)13(8-11)17-6-4-10(9-18)5-7-17/h2-3,8,10,18H,4-7,9,15H2,1H3,(H,16,19). The molecule has 1 aliphatic heterocycles. The fourth-order valence-corrected chi connectivity index (χ4v) is 2.46. The van der Waals surface area contributed by atoms with Crippen molar-refractivity contribution >= 4 is 17.3 Å². The number of nitrogens with two attached hydrogens (primary N) is 1. The predicted molar refractivity (Wildman–Crippen MR) is 76.3 cm³/mol. The molecule has 0 aliphatic carbocycles. The van der Waals surface area contributed by atoms with Crippen molar-refractivity contribution in [2.45, 2.75) is 12.8 Å². The Morgan fingerprint density at radius 1 is 1.47 bits per heavy atom. The highest BCUT2D eigenvalue weighted by Gasteiger charge is 2.20. The van der Waals surface area contributed by atoms with Crippen molar-refractivity contribution in [2.24, 2.45) is 5.92 Å². The van der Waals surface area contributed by atoms with E-state index in [0.717, 1.165) is 31.6 Å². The fourth-order valence-electron chi connectivity index (χ4n) is 2.46. The van der Waals surface area contributed by atoms with E-state index in [1.807, 2.05) is 6.07 Å². The maximum atomic E-state index is 11.7. The number of aliphatic hydroxyl groups is 1. The summed E-state index contributed by atoms with van der Waals surface area (Å²) in [5.41, 5.74) is 8.23. The summed E-state index contributed by atoms with van der Waals surface area (Å²) in [6.45, 7) is 1.99. The van der Waals surface area contributed by atoms with E-state index >= 15 is 0 Å². The molecular weight excluding hydrogens is 242 g/mol. The molecule has 0 saturated carbocycles. The maximum absolute atomic E-state index is 11.7. The van der Waals surface area contributed by atoms with Gasteiger partial charge in [-0.05, 0) is 37.0 Å². The van der Waals surface area contributed by atoms with Gasteiger partial charge in [0.25, 0.3) is 5.91 Å². The molecule has 0 aromatic heterocycles. The van der Waals surface area contributed by atoms with E-state index in [0.29, 0.717) is 17.2 Å². The molecular formula is C14H21N3O2. The Kier molecular flexibility index (Phi) is 4.27. The van der Waals surface area contributed by atoms with Gasteiger partial charge in [0.05, 0.1) is 11.4 Å². The van der Waals surface area contributed by atoms with Crippen molar-refractivity contribution in [1.29, 1.82) is 0 Å². The zero-order valence-electron chi connectivity index (χ0n) is 11.2. The Morgan fingerprint density at radius 2 is 2.16 bits per heavy atom. The van der Waals surface area contributed by atoms with Crippen molar-refractivity contribution in [3.63, 3.8) is 0 Å². The van der Waals surface area contributed by atoms with Gasteiger partial charge in [0.15, 0.2) is 0 Å². The third-order valence-corrected chi connectivity index (χ3v) is 3.73. The van der Waals surface area contributed by atoms with Crippen LogP contribution in [-0.4, -0.2) is 37.8 Å². The quantitative estimate of drug-likeness (QED) is 0.706. The Labute approximate surface area is 113 Å². The zero-order valence-corrected chi connectivity index (χ0v) is 11.2. The average molecular weight is 263 g/mol. The molecule has 0 unspecified atom stereocenters. The number of carbonyl (C=O) groups excluding carboxylic acids is 1. The van der Waals surface area contributed by atoms with Crippen LogP contribution in [0.1, 0.15) is 23.2 Å². The summed E-state index contributed by atoms with van der Waals surface area (Å²) in [7, 11) is 1.62. The van der Waals surface area contributed by atoms with E-state index in [9.17, 15) is 4.79 Å². The van der Waals surface area contributed by atoms with Gasteiger partial charge in [-0.15, -0.1) is 0 Å². The van der Waals surface area contributed by atoms with Gasteiger partial charge in [-0.3, -0.25) is 4.79 Å². The zero-order chi connectivity index (χ0) is 13.8. The molecule has 1 aliphatic rings. The number of benzene rings is 1. The SMILES string of the molecule is CNC(=O)c1ccc(N)c(N2CCC(CO)CC2)c1. The summed E-state index contributed by atoms with van der Waals surface area (Å²) < 4.78 is 0. The monoisotopic (exact) mass is 263 g/mol. The van der Waals surface area contributed by atoms with Gasteiger partial charge in [0.1, 0.15) is 0 Å². The molecule has 1 amide bonds. The number of carbonyl (C=O) groups is 1.